The Labute approximate surface area is 162 Å². The van der Waals surface area contributed by atoms with Gasteiger partial charge >= 0.3 is 0 Å². The number of fused-ring (bicyclic) bond motifs is 1. The minimum absolute atomic E-state index is 0.109. The molecule has 26 heavy (non-hydrogen) atoms. The number of methoxy groups -OCH3 is 3. The van der Waals surface area contributed by atoms with Gasteiger partial charge in [0.25, 0.3) is 0 Å². The van der Waals surface area contributed by atoms with Crippen molar-refractivity contribution in [2.24, 2.45) is 0 Å². The molecule has 1 amide bonds. The highest BCUT2D eigenvalue weighted by atomic mass is 79.9. The average molecular weight is 420 g/mol. The van der Waals surface area contributed by atoms with Gasteiger partial charge in [-0.25, -0.2) is 0 Å². The number of amides is 1. The van der Waals surface area contributed by atoms with E-state index in [0.717, 1.165) is 21.3 Å². The number of likely N-dealkylation sites (N-methyl/N-ethyl adjacent to an activating group) is 1. The zero-order valence-electron chi connectivity index (χ0n) is 15.3. The molecule has 0 radical (unpaired) electrons. The molecule has 5 nitrogen and oxygen atoms in total. The summed E-state index contributed by atoms with van der Waals surface area (Å²) in [6.07, 6.45) is 0.530. The fourth-order valence-corrected chi connectivity index (χ4v) is 3.86. The number of anilines is 1. The first-order valence-electron chi connectivity index (χ1n) is 8.43. The number of hydrogen-bond acceptors (Lipinski definition) is 4. The summed E-state index contributed by atoms with van der Waals surface area (Å²) in [6, 6.07) is 9.67. The van der Waals surface area contributed by atoms with Crippen LogP contribution in [0.5, 0.6) is 17.2 Å². The van der Waals surface area contributed by atoms with Crippen molar-refractivity contribution in [3.05, 3.63) is 45.9 Å². The molecule has 3 rings (SSSR count). The first-order valence-corrected chi connectivity index (χ1v) is 9.23. The Hall–Kier alpha value is -2.21. The van der Waals surface area contributed by atoms with Crippen molar-refractivity contribution in [3.8, 4) is 17.2 Å². The number of halogens is 1. The molecule has 0 unspecified atom stereocenters. The number of ether oxygens (including phenoxy) is 3. The first-order chi connectivity index (χ1) is 12.5. The molecule has 0 N–H and O–H groups in total. The van der Waals surface area contributed by atoms with E-state index < -0.39 is 0 Å². The van der Waals surface area contributed by atoms with Gasteiger partial charge in [0, 0.05) is 22.8 Å². The van der Waals surface area contributed by atoms with Crippen molar-refractivity contribution in [1.29, 1.82) is 0 Å². The van der Waals surface area contributed by atoms with Crippen LogP contribution in [-0.2, 0) is 11.2 Å². The minimum atomic E-state index is -0.255. The zero-order chi connectivity index (χ0) is 18.8. The quantitative estimate of drug-likeness (QED) is 0.704. The van der Waals surface area contributed by atoms with Gasteiger partial charge in [-0.2, -0.15) is 0 Å². The molecule has 1 aliphatic heterocycles. The van der Waals surface area contributed by atoms with Crippen LogP contribution in [0.4, 0.5) is 5.69 Å². The summed E-state index contributed by atoms with van der Waals surface area (Å²) in [5.74, 6) is 1.76. The lowest BCUT2D eigenvalue weighted by atomic mass is 9.92. The average Bonchev–Trinajstić information content (AvgIpc) is 2.91. The number of nitrogens with zero attached hydrogens (tertiary/aromatic N) is 1. The van der Waals surface area contributed by atoms with Crippen LogP contribution >= 0.6 is 15.9 Å². The molecule has 1 atom stereocenters. The van der Waals surface area contributed by atoms with Crippen LogP contribution in [0.3, 0.4) is 0 Å². The number of hydrogen-bond donors (Lipinski definition) is 0. The van der Waals surface area contributed by atoms with Crippen molar-refractivity contribution in [2.45, 2.75) is 19.3 Å². The highest BCUT2D eigenvalue weighted by molar-refractivity contribution is 9.10. The molecule has 0 saturated heterocycles. The molecule has 0 aromatic heterocycles. The first kappa shape index (κ1) is 18.6. The zero-order valence-corrected chi connectivity index (χ0v) is 16.9. The van der Waals surface area contributed by atoms with E-state index in [1.807, 2.05) is 36.1 Å². The highest BCUT2D eigenvalue weighted by Gasteiger charge is 2.37. The second kappa shape index (κ2) is 7.58. The summed E-state index contributed by atoms with van der Waals surface area (Å²) in [4.78, 5) is 14.8. The van der Waals surface area contributed by atoms with Gasteiger partial charge < -0.3 is 19.1 Å². The smallest absolute Gasteiger partial charge is 0.234 e. The third kappa shape index (κ3) is 3.14. The van der Waals surface area contributed by atoms with E-state index in [2.05, 4.69) is 15.9 Å². The van der Waals surface area contributed by atoms with E-state index in [1.165, 1.54) is 0 Å². The summed E-state index contributed by atoms with van der Waals surface area (Å²) in [6.45, 7) is 2.64. The van der Waals surface area contributed by atoms with Crippen LogP contribution in [-0.4, -0.2) is 33.8 Å². The molecule has 0 saturated carbocycles. The van der Waals surface area contributed by atoms with E-state index in [9.17, 15) is 4.79 Å². The molecule has 0 aliphatic carbocycles. The van der Waals surface area contributed by atoms with Gasteiger partial charge in [0.1, 0.15) is 5.75 Å². The van der Waals surface area contributed by atoms with E-state index in [4.69, 9.17) is 14.2 Å². The number of rotatable bonds is 6. The molecule has 1 aliphatic rings. The second-order valence-corrected chi connectivity index (χ2v) is 6.98. The molecular formula is C20H22BrNO4. The van der Waals surface area contributed by atoms with Crippen LogP contribution < -0.4 is 19.1 Å². The van der Waals surface area contributed by atoms with Gasteiger partial charge in [-0.3, -0.25) is 4.79 Å². The van der Waals surface area contributed by atoms with E-state index in [0.29, 0.717) is 30.2 Å². The third-order valence-corrected chi connectivity index (χ3v) is 5.24. The fourth-order valence-electron chi connectivity index (χ4n) is 3.49. The maximum Gasteiger partial charge on any atom is 0.234 e. The number of carbonyl (C=O) groups is 1. The SMILES string of the molecule is CCN1C(=O)[C@@H](Cc2cc(OC)c(OC)cc2OC)c2cc(Br)ccc21. The van der Waals surface area contributed by atoms with Gasteiger partial charge in [0.15, 0.2) is 11.5 Å². The van der Waals surface area contributed by atoms with Crippen LogP contribution in [0.25, 0.3) is 0 Å². The summed E-state index contributed by atoms with van der Waals surface area (Å²) >= 11 is 3.52. The molecule has 138 valence electrons. The van der Waals surface area contributed by atoms with Gasteiger partial charge in [0.05, 0.1) is 27.2 Å². The van der Waals surface area contributed by atoms with E-state index in [-0.39, 0.29) is 11.8 Å². The summed E-state index contributed by atoms with van der Waals surface area (Å²) in [5, 5.41) is 0. The molecule has 2 aromatic rings. The van der Waals surface area contributed by atoms with Crippen LogP contribution in [0.1, 0.15) is 24.0 Å². The lowest BCUT2D eigenvalue weighted by Crippen LogP contribution is -2.29. The Balaban J connectivity index is 2.04. The minimum Gasteiger partial charge on any atom is -0.496 e. The van der Waals surface area contributed by atoms with Crippen molar-refractivity contribution in [2.75, 3.05) is 32.8 Å². The van der Waals surface area contributed by atoms with Crippen molar-refractivity contribution in [3.63, 3.8) is 0 Å². The Bertz CT molecular complexity index is 837. The van der Waals surface area contributed by atoms with Gasteiger partial charge in [-0.05, 0) is 48.7 Å². The molecule has 6 heteroatoms. The molecule has 0 bridgehead atoms. The lowest BCUT2D eigenvalue weighted by molar-refractivity contribution is -0.119. The van der Waals surface area contributed by atoms with Gasteiger partial charge in [-0.15, -0.1) is 0 Å². The van der Waals surface area contributed by atoms with Gasteiger partial charge in [-0.1, -0.05) is 15.9 Å². The molecule has 2 aromatic carbocycles. The Morgan fingerprint density at radius 3 is 2.27 bits per heavy atom. The predicted molar refractivity (Wildman–Crippen MR) is 105 cm³/mol. The fraction of sp³-hybridized carbons (Fsp3) is 0.350. The molecule has 0 spiro atoms. The monoisotopic (exact) mass is 419 g/mol. The molecule has 0 fully saturated rings. The number of carbonyl (C=O) groups excluding carboxylic acids is 1. The Kier molecular flexibility index (Phi) is 5.41. The summed E-state index contributed by atoms with van der Waals surface area (Å²) < 4.78 is 17.3. The van der Waals surface area contributed by atoms with Crippen molar-refractivity contribution < 1.29 is 19.0 Å². The van der Waals surface area contributed by atoms with E-state index in [1.54, 1.807) is 27.4 Å². The standard InChI is InChI=1S/C20H22BrNO4/c1-5-22-16-7-6-13(21)10-14(16)15(20(22)23)8-12-9-18(25-3)19(26-4)11-17(12)24-2/h6-7,9-11,15H,5,8H2,1-4H3/t15-/m0/s1. The lowest BCUT2D eigenvalue weighted by Gasteiger charge is -2.17. The van der Waals surface area contributed by atoms with Crippen LogP contribution in [0, 0.1) is 0 Å². The maximum absolute atomic E-state index is 13.0. The topological polar surface area (TPSA) is 48.0 Å². The third-order valence-electron chi connectivity index (χ3n) is 4.75. The largest absolute Gasteiger partial charge is 0.496 e. The van der Waals surface area contributed by atoms with Crippen LogP contribution in [0.2, 0.25) is 0 Å². The number of benzene rings is 2. The normalized spacial score (nSPS) is 15.8. The van der Waals surface area contributed by atoms with Crippen molar-refractivity contribution in [1.82, 2.24) is 0 Å². The Morgan fingerprint density at radius 1 is 1.00 bits per heavy atom. The molecule has 1 heterocycles. The second-order valence-electron chi connectivity index (χ2n) is 6.06. The highest BCUT2D eigenvalue weighted by Crippen LogP contribution is 2.43. The Morgan fingerprint density at radius 2 is 1.65 bits per heavy atom. The maximum atomic E-state index is 13.0. The van der Waals surface area contributed by atoms with Gasteiger partial charge in [0.2, 0.25) is 5.91 Å². The van der Waals surface area contributed by atoms with E-state index >= 15 is 0 Å². The summed E-state index contributed by atoms with van der Waals surface area (Å²) in [5.41, 5.74) is 2.92. The van der Waals surface area contributed by atoms with Crippen molar-refractivity contribution >= 4 is 27.5 Å². The molecular weight excluding hydrogens is 398 g/mol. The predicted octanol–water partition coefficient (Wildman–Crippen LogP) is 4.17. The van der Waals surface area contributed by atoms with Crippen LogP contribution in [0.15, 0.2) is 34.8 Å². The summed E-state index contributed by atoms with van der Waals surface area (Å²) in [7, 11) is 4.80.